The molecule has 29 heavy (non-hydrogen) atoms. The average molecular weight is 419 g/mol. The van der Waals surface area contributed by atoms with Gasteiger partial charge in [-0.25, -0.2) is 17.7 Å². The Bertz CT molecular complexity index is 984. The number of anilines is 1. The van der Waals surface area contributed by atoms with Gasteiger partial charge in [-0.15, -0.1) is 0 Å². The Hall–Kier alpha value is -1.90. The molecule has 4 rings (SSSR count). The summed E-state index contributed by atoms with van der Waals surface area (Å²) >= 11 is 0. The SMILES string of the molecule is CC(C)N1CCc2cc(-c3nccn3[C@@H]3COC[C@@H]3CS(=O)(=O)N(C)C)ccc21. The van der Waals surface area contributed by atoms with Crippen LogP contribution in [0, 0.1) is 5.92 Å². The lowest BCUT2D eigenvalue weighted by Gasteiger charge is -2.24. The van der Waals surface area contributed by atoms with Gasteiger partial charge in [0.2, 0.25) is 10.0 Å². The molecule has 2 aliphatic rings. The van der Waals surface area contributed by atoms with Crippen LogP contribution >= 0.6 is 0 Å². The summed E-state index contributed by atoms with van der Waals surface area (Å²) in [4.78, 5) is 7.04. The zero-order valence-corrected chi connectivity index (χ0v) is 18.4. The van der Waals surface area contributed by atoms with Crippen molar-refractivity contribution in [1.82, 2.24) is 13.9 Å². The van der Waals surface area contributed by atoms with E-state index in [1.165, 1.54) is 15.6 Å². The summed E-state index contributed by atoms with van der Waals surface area (Å²) in [5.41, 5.74) is 3.72. The maximum atomic E-state index is 12.4. The van der Waals surface area contributed by atoms with Gasteiger partial charge in [-0.05, 0) is 44.0 Å². The van der Waals surface area contributed by atoms with Crippen LogP contribution in [0.2, 0.25) is 0 Å². The summed E-state index contributed by atoms with van der Waals surface area (Å²) in [5.74, 6) is 0.857. The molecule has 0 saturated carbocycles. The molecule has 1 fully saturated rings. The standard InChI is InChI=1S/C21H30N4O3S/c1-15(2)24-9-7-16-11-17(5-6-19(16)24)21-22-8-10-25(21)20-13-28-12-18(20)14-29(26,27)23(3)4/h5-6,8,10-11,15,18,20H,7,9,12-14H2,1-4H3/t18-,20-/m1/s1. The van der Waals surface area contributed by atoms with E-state index >= 15 is 0 Å². The molecule has 2 aromatic rings. The van der Waals surface area contributed by atoms with E-state index in [-0.39, 0.29) is 17.7 Å². The van der Waals surface area contributed by atoms with Crippen molar-refractivity contribution in [2.24, 2.45) is 5.92 Å². The van der Waals surface area contributed by atoms with Gasteiger partial charge in [-0.2, -0.15) is 0 Å². The van der Waals surface area contributed by atoms with Crippen LogP contribution in [0.15, 0.2) is 30.6 Å². The molecule has 0 N–H and O–H groups in total. The Morgan fingerprint density at radius 2 is 2.07 bits per heavy atom. The zero-order chi connectivity index (χ0) is 20.8. The molecule has 1 saturated heterocycles. The van der Waals surface area contributed by atoms with Crippen LogP contribution in [0.4, 0.5) is 5.69 Å². The molecule has 0 aliphatic carbocycles. The van der Waals surface area contributed by atoms with Gasteiger partial charge >= 0.3 is 0 Å². The van der Waals surface area contributed by atoms with Gasteiger partial charge in [-0.1, -0.05) is 0 Å². The summed E-state index contributed by atoms with van der Waals surface area (Å²) in [7, 11) is -0.137. The van der Waals surface area contributed by atoms with Gasteiger partial charge in [0.25, 0.3) is 0 Å². The monoisotopic (exact) mass is 418 g/mol. The van der Waals surface area contributed by atoms with Crippen molar-refractivity contribution in [3.05, 3.63) is 36.2 Å². The number of imidazole rings is 1. The van der Waals surface area contributed by atoms with Crippen molar-refractivity contribution >= 4 is 15.7 Å². The van der Waals surface area contributed by atoms with Crippen molar-refractivity contribution in [3.63, 3.8) is 0 Å². The van der Waals surface area contributed by atoms with Crippen LogP contribution < -0.4 is 4.90 Å². The molecule has 0 radical (unpaired) electrons. The Morgan fingerprint density at radius 3 is 2.79 bits per heavy atom. The smallest absolute Gasteiger partial charge is 0.214 e. The number of hydrogen-bond donors (Lipinski definition) is 0. The fourth-order valence-electron chi connectivity index (χ4n) is 4.38. The van der Waals surface area contributed by atoms with Gasteiger partial charge in [0.1, 0.15) is 5.82 Å². The highest BCUT2D eigenvalue weighted by Gasteiger charge is 2.35. The molecule has 0 bridgehead atoms. The summed E-state index contributed by atoms with van der Waals surface area (Å²) < 4.78 is 33.9. The molecule has 2 aliphatic heterocycles. The highest BCUT2D eigenvalue weighted by atomic mass is 32.2. The first kappa shape index (κ1) is 20.4. The maximum absolute atomic E-state index is 12.4. The van der Waals surface area contributed by atoms with Crippen molar-refractivity contribution in [2.45, 2.75) is 32.4 Å². The molecular formula is C21H30N4O3S. The molecule has 0 spiro atoms. The van der Waals surface area contributed by atoms with Crippen LogP contribution in [0.25, 0.3) is 11.4 Å². The normalized spacial score (nSPS) is 22.1. The van der Waals surface area contributed by atoms with Crippen LogP contribution in [0.3, 0.4) is 0 Å². The minimum atomic E-state index is -3.29. The first-order valence-electron chi connectivity index (χ1n) is 10.2. The van der Waals surface area contributed by atoms with E-state index in [9.17, 15) is 8.42 Å². The Kier molecular flexibility index (Phi) is 5.44. The van der Waals surface area contributed by atoms with Gasteiger partial charge in [-0.3, -0.25) is 0 Å². The van der Waals surface area contributed by atoms with Crippen molar-refractivity contribution in [1.29, 1.82) is 0 Å². The van der Waals surface area contributed by atoms with Crippen LogP contribution in [-0.4, -0.2) is 67.9 Å². The number of nitrogens with zero attached hydrogens (tertiary/aromatic N) is 4. The van der Waals surface area contributed by atoms with E-state index in [0.717, 1.165) is 24.4 Å². The molecule has 1 aromatic heterocycles. The molecular weight excluding hydrogens is 388 g/mol. The van der Waals surface area contributed by atoms with Gasteiger partial charge in [0.05, 0.1) is 25.0 Å². The molecule has 7 nitrogen and oxygen atoms in total. The van der Waals surface area contributed by atoms with Crippen molar-refractivity contribution < 1.29 is 13.2 Å². The molecule has 1 aromatic carbocycles. The second kappa shape index (κ2) is 7.74. The number of hydrogen-bond acceptors (Lipinski definition) is 5. The quantitative estimate of drug-likeness (QED) is 0.721. The van der Waals surface area contributed by atoms with E-state index in [4.69, 9.17) is 4.74 Å². The Labute approximate surface area is 173 Å². The minimum Gasteiger partial charge on any atom is -0.379 e. The summed E-state index contributed by atoms with van der Waals surface area (Å²) in [6.07, 6.45) is 4.77. The van der Waals surface area contributed by atoms with Crippen LogP contribution in [0.5, 0.6) is 0 Å². The van der Waals surface area contributed by atoms with E-state index < -0.39 is 10.0 Å². The molecule has 0 amide bonds. The highest BCUT2D eigenvalue weighted by Crippen LogP contribution is 2.35. The number of benzene rings is 1. The van der Waals surface area contributed by atoms with Crippen LogP contribution in [0.1, 0.15) is 25.5 Å². The van der Waals surface area contributed by atoms with Crippen molar-refractivity contribution in [3.8, 4) is 11.4 Å². The summed E-state index contributed by atoms with van der Waals surface area (Å²) in [6, 6.07) is 7.00. The lowest BCUT2D eigenvalue weighted by molar-refractivity contribution is 0.182. The van der Waals surface area contributed by atoms with E-state index in [2.05, 4.69) is 46.5 Å². The first-order valence-corrected chi connectivity index (χ1v) is 11.8. The third-order valence-corrected chi connectivity index (χ3v) is 8.03. The second-order valence-electron chi connectivity index (χ2n) is 8.46. The number of rotatable bonds is 6. The third-order valence-electron chi connectivity index (χ3n) is 6.06. The minimum absolute atomic E-state index is 0.0392. The van der Waals surface area contributed by atoms with Crippen LogP contribution in [-0.2, 0) is 21.2 Å². The Balaban J connectivity index is 1.63. The lowest BCUT2D eigenvalue weighted by Crippen LogP contribution is -2.32. The lowest BCUT2D eigenvalue weighted by atomic mass is 10.0. The van der Waals surface area contributed by atoms with E-state index in [1.54, 1.807) is 20.3 Å². The fourth-order valence-corrected chi connectivity index (χ4v) is 5.54. The molecule has 8 heteroatoms. The predicted molar refractivity (Wildman–Crippen MR) is 115 cm³/mol. The van der Waals surface area contributed by atoms with Crippen molar-refractivity contribution in [2.75, 3.05) is 44.5 Å². The third kappa shape index (κ3) is 3.81. The molecule has 3 heterocycles. The molecule has 158 valence electrons. The Morgan fingerprint density at radius 1 is 1.28 bits per heavy atom. The number of aromatic nitrogens is 2. The number of sulfonamides is 1. The number of ether oxygens (including phenoxy) is 1. The fraction of sp³-hybridized carbons (Fsp3) is 0.571. The average Bonchev–Trinajstić information content (AvgIpc) is 3.39. The highest BCUT2D eigenvalue weighted by molar-refractivity contribution is 7.89. The predicted octanol–water partition coefficient (Wildman–Crippen LogP) is 2.40. The number of fused-ring (bicyclic) bond motifs is 1. The van der Waals surface area contributed by atoms with Gasteiger partial charge in [0, 0.05) is 56.2 Å². The maximum Gasteiger partial charge on any atom is 0.214 e. The first-order chi connectivity index (χ1) is 13.8. The summed E-state index contributed by atoms with van der Waals surface area (Å²) in [5, 5.41) is 0. The molecule has 2 atom stereocenters. The summed E-state index contributed by atoms with van der Waals surface area (Å²) in [6.45, 7) is 6.44. The second-order valence-corrected chi connectivity index (χ2v) is 10.7. The molecule has 0 unspecified atom stereocenters. The largest absolute Gasteiger partial charge is 0.379 e. The van der Waals surface area contributed by atoms with Gasteiger partial charge < -0.3 is 14.2 Å². The van der Waals surface area contributed by atoms with E-state index in [1.807, 2.05) is 6.20 Å². The van der Waals surface area contributed by atoms with E-state index in [0.29, 0.717) is 19.3 Å². The zero-order valence-electron chi connectivity index (χ0n) is 17.6. The van der Waals surface area contributed by atoms with Gasteiger partial charge in [0.15, 0.2) is 0 Å². The topological polar surface area (TPSA) is 67.7 Å².